The van der Waals surface area contributed by atoms with E-state index >= 15 is 0 Å². The quantitative estimate of drug-likeness (QED) is 0.931. The van der Waals surface area contributed by atoms with Gasteiger partial charge in [-0.2, -0.15) is 0 Å². The molecule has 2 aromatic rings. The molecule has 0 aromatic carbocycles. The third-order valence-corrected chi connectivity index (χ3v) is 5.28. The normalized spacial score (nSPS) is 18.1. The van der Waals surface area contributed by atoms with E-state index in [1.165, 1.54) is 24.2 Å². The van der Waals surface area contributed by atoms with Crippen molar-refractivity contribution in [2.24, 2.45) is 0 Å². The minimum atomic E-state index is -0.0249. The number of rotatable bonds is 4. The van der Waals surface area contributed by atoms with Crippen LogP contribution in [-0.4, -0.2) is 38.2 Å². The average molecular weight is 329 g/mol. The molecule has 2 fully saturated rings. The first-order valence-electron chi connectivity index (χ1n) is 8.15. The number of urea groups is 1. The largest absolute Gasteiger partial charge is 0.324 e. The second-order valence-corrected chi connectivity index (χ2v) is 7.11. The average Bonchev–Trinajstić information content (AvgIpc) is 3.06. The lowest BCUT2D eigenvalue weighted by Gasteiger charge is -2.28. The van der Waals surface area contributed by atoms with Crippen LogP contribution in [0, 0.1) is 0 Å². The lowest BCUT2D eigenvalue weighted by atomic mass is 10.2. The number of hydrogen-bond donors (Lipinski definition) is 1. The molecule has 1 N–H and O–H groups in total. The van der Waals surface area contributed by atoms with Crippen LogP contribution in [0.1, 0.15) is 38.5 Å². The minimum absolute atomic E-state index is 0.0249. The van der Waals surface area contributed by atoms with Gasteiger partial charge < -0.3 is 4.90 Å². The van der Waals surface area contributed by atoms with Gasteiger partial charge in [0.05, 0.1) is 0 Å². The highest BCUT2D eigenvalue weighted by Crippen LogP contribution is 2.35. The summed E-state index contributed by atoms with van der Waals surface area (Å²) in [6, 6.07) is 6.45. The van der Waals surface area contributed by atoms with Crippen molar-refractivity contribution in [2.45, 2.75) is 50.6 Å². The maximum Gasteiger partial charge on any atom is 0.324 e. The number of aromatic nitrogens is 3. The van der Waals surface area contributed by atoms with Gasteiger partial charge in [0.2, 0.25) is 5.13 Å². The van der Waals surface area contributed by atoms with Crippen LogP contribution in [0.3, 0.4) is 0 Å². The number of pyridine rings is 1. The third kappa shape index (κ3) is 3.19. The Morgan fingerprint density at radius 3 is 2.61 bits per heavy atom. The fourth-order valence-corrected chi connectivity index (χ4v) is 3.90. The molecule has 2 heterocycles. The monoisotopic (exact) mass is 329 g/mol. The Morgan fingerprint density at radius 2 is 1.91 bits per heavy atom. The summed E-state index contributed by atoms with van der Waals surface area (Å²) in [7, 11) is 0. The number of nitrogens with zero attached hydrogens (tertiary/aromatic N) is 4. The standard InChI is InChI=1S/C16H19N5OS/c22-16(21(12-8-9-12)11-5-1-2-6-11)18-15-20-19-14(23-15)13-7-3-4-10-17-13/h3-4,7,10-12H,1-2,5-6,8-9H2,(H,18,20,22). The van der Waals surface area contributed by atoms with Crippen molar-refractivity contribution in [3.63, 3.8) is 0 Å². The Balaban J connectivity index is 1.46. The second kappa shape index (κ2) is 6.23. The molecule has 0 aliphatic heterocycles. The predicted molar refractivity (Wildman–Crippen MR) is 89.3 cm³/mol. The van der Waals surface area contributed by atoms with E-state index in [4.69, 9.17) is 0 Å². The van der Waals surface area contributed by atoms with E-state index in [9.17, 15) is 4.79 Å². The molecule has 4 rings (SSSR count). The molecule has 6 nitrogen and oxygen atoms in total. The zero-order valence-corrected chi connectivity index (χ0v) is 13.6. The Labute approximate surface area is 139 Å². The molecule has 0 saturated heterocycles. The summed E-state index contributed by atoms with van der Waals surface area (Å²) < 4.78 is 0. The Morgan fingerprint density at radius 1 is 1.13 bits per heavy atom. The molecule has 120 valence electrons. The molecule has 2 amide bonds. The first-order valence-corrected chi connectivity index (χ1v) is 8.97. The molecule has 2 aromatic heterocycles. The summed E-state index contributed by atoms with van der Waals surface area (Å²) in [6.45, 7) is 0. The summed E-state index contributed by atoms with van der Waals surface area (Å²) in [4.78, 5) is 19.0. The Hall–Kier alpha value is -2.02. The molecule has 2 aliphatic carbocycles. The molecular weight excluding hydrogens is 310 g/mol. The molecule has 2 saturated carbocycles. The third-order valence-electron chi connectivity index (χ3n) is 4.42. The summed E-state index contributed by atoms with van der Waals surface area (Å²) in [6.07, 6.45) is 8.68. The van der Waals surface area contributed by atoms with Crippen molar-refractivity contribution in [1.29, 1.82) is 0 Å². The fourth-order valence-electron chi connectivity index (χ4n) is 3.19. The number of nitrogens with one attached hydrogen (secondary N) is 1. The van der Waals surface area contributed by atoms with E-state index < -0.39 is 0 Å². The van der Waals surface area contributed by atoms with Crippen molar-refractivity contribution in [3.8, 4) is 10.7 Å². The lowest BCUT2D eigenvalue weighted by molar-refractivity contribution is 0.184. The lowest BCUT2D eigenvalue weighted by Crippen LogP contribution is -2.43. The van der Waals surface area contributed by atoms with Gasteiger partial charge in [0.25, 0.3) is 0 Å². The van der Waals surface area contributed by atoms with Crippen LogP contribution in [0.4, 0.5) is 9.93 Å². The maximum atomic E-state index is 12.7. The highest BCUT2D eigenvalue weighted by Gasteiger charge is 2.38. The smallest absolute Gasteiger partial charge is 0.319 e. The van der Waals surface area contributed by atoms with Gasteiger partial charge in [-0.3, -0.25) is 10.3 Å². The zero-order valence-electron chi connectivity index (χ0n) is 12.8. The molecule has 0 atom stereocenters. The van der Waals surface area contributed by atoms with Crippen molar-refractivity contribution in [1.82, 2.24) is 20.1 Å². The number of amides is 2. The molecule has 23 heavy (non-hydrogen) atoms. The van der Waals surface area contributed by atoms with Gasteiger partial charge in [-0.25, -0.2) is 4.79 Å². The van der Waals surface area contributed by atoms with Crippen LogP contribution in [-0.2, 0) is 0 Å². The van der Waals surface area contributed by atoms with Gasteiger partial charge in [0.15, 0.2) is 5.01 Å². The van der Waals surface area contributed by atoms with Gasteiger partial charge in [-0.1, -0.05) is 30.2 Å². The molecule has 0 bridgehead atoms. The molecule has 2 aliphatic rings. The molecule has 0 unspecified atom stereocenters. The second-order valence-electron chi connectivity index (χ2n) is 6.13. The van der Waals surface area contributed by atoms with Crippen molar-refractivity contribution < 1.29 is 4.79 Å². The van der Waals surface area contributed by atoms with E-state index in [0.29, 0.717) is 17.2 Å². The van der Waals surface area contributed by atoms with E-state index in [2.05, 4.69) is 25.4 Å². The summed E-state index contributed by atoms with van der Waals surface area (Å²) >= 11 is 1.36. The van der Waals surface area contributed by atoms with E-state index in [1.54, 1.807) is 6.20 Å². The highest BCUT2D eigenvalue weighted by atomic mass is 32.1. The van der Waals surface area contributed by atoms with Gasteiger partial charge in [0.1, 0.15) is 5.69 Å². The Kier molecular flexibility index (Phi) is 3.95. The van der Waals surface area contributed by atoms with Gasteiger partial charge in [0, 0.05) is 18.3 Å². The molecule has 0 radical (unpaired) electrons. The van der Waals surface area contributed by atoms with Crippen LogP contribution < -0.4 is 5.32 Å². The van der Waals surface area contributed by atoms with Crippen LogP contribution in [0.2, 0.25) is 0 Å². The molecule has 7 heteroatoms. The van der Waals surface area contributed by atoms with Crippen LogP contribution >= 0.6 is 11.3 Å². The van der Waals surface area contributed by atoms with Crippen molar-refractivity contribution in [2.75, 3.05) is 5.32 Å². The van der Waals surface area contributed by atoms with E-state index in [1.807, 2.05) is 18.2 Å². The van der Waals surface area contributed by atoms with Crippen molar-refractivity contribution in [3.05, 3.63) is 24.4 Å². The van der Waals surface area contributed by atoms with Crippen molar-refractivity contribution >= 4 is 22.5 Å². The van der Waals surface area contributed by atoms with Gasteiger partial charge in [-0.05, 0) is 37.8 Å². The topological polar surface area (TPSA) is 71.0 Å². The van der Waals surface area contributed by atoms with Crippen LogP contribution in [0.15, 0.2) is 24.4 Å². The summed E-state index contributed by atoms with van der Waals surface area (Å²) in [5.74, 6) is 0. The van der Waals surface area contributed by atoms with Gasteiger partial charge >= 0.3 is 6.03 Å². The number of anilines is 1. The number of carbonyl (C=O) groups excluding carboxylic acids is 1. The fraction of sp³-hybridized carbons (Fsp3) is 0.500. The first-order chi connectivity index (χ1) is 11.3. The van der Waals surface area contributed by atoms with E-state index in [-0.39, 0.29) is 6.03 Å². The predicted octanol–water partition coefficient (Wildman–Crippen LogP) is 3.54. The van der Waals surface area contributed by atoms with Gasteiger partial charge in [-0.15, -0.1) is 10.2 Å². The SMILES string of the molecule is O=C(Nc1nnc(-c2ccccn2)s1)N(C1CCCC1)C1CC1. The maximum absolute atomic E-state index is 12.7. The summed E-state index contributed by atoms with van der Waals surface area (Å²) in [5, 5.41) is 12.4. The molecular formula is C16H19N5OS. The zero-order chi connectivity index (χ0) is 15.6. The summed E-state index contributed by atoms with van der Waals surface area (Å²) in [5.41, 5.74) is 0.778. The minimum Gasteiger partial charge on any atom is -0.319 e. The first kappa shape index (κ1) is 14.6. The molecule has 0 spiro atoms. The van der Waals surface area contributed by atoms with E-state index in [0.717, 1.165) is 36.4 Å². The van der Waals surface area contributed by atoms with Crippen LogP contribution in [0.25, 0.3) is 10.7 Å². The Bertz CT molecular complexity index is 679. The number of hydrogen-bond acceptors (Lipinski definition) is 5. The number of carbonyl (C=O) groups is 1. The highest BCUT2D eigenvalue weighted by molar-refractivity contribution is 7.18. The van der Waals surface area contributed by atoms with Crippen LogP contribution in [0.5, 0.6) is 0 Å².